The number of benzene rings is 1. The Kier molecular flexibility index (Phi) is 6.11. The smallest absolute Gasteiger partial charge is 0.225 e. The number of amides is 1. The lowest BCUT2D eigenvalue weighted by Gasteiger charge is -2.05. The topological polar surface area (TPSA) is 41.1 Å². The number of hydrogen-bond acceptors (Lipinski definition) is 2. The van der Waals surface area contributed by atoms with Crippen LogP contribution in [0.2, 0.25) is 0 Å². The number of carbonyl (C=O) groups excluding carboxylic acids is 1. The molecule has 1 aromatic rings. The van der Waals surface area contributed by atoms with Crippen molar-refractivity contribution in [2.24, 2.45) is 0 Å². The van der Waals surface area contributed by atoms with Crippen LogP contribution in [0.15, 0.2) is 28.7 Å². The summed E-state index contributed by atoms with van der Waals surface area (Å²) in [6, 6.07) is 7.57. The predicted molar refractivity (Wildman–Crippen MR) is 70.5 cm³/mol. The summed E-state index contributed by atoms with van der Waals surface area (Å²) in [7, 11) is 0. The van der Waals surface area contributed by atoms with Gasteiger partial charge in [0, 0.05) is 23.1 Å². The molecular weight excluding hydrogens is 268 g/mol. The van der Waals surface area contributed by atoms with Crippen LogP contribution in [0.1, 0.15) is 19.8 Å². The average Bonchev–Trinajstić information content (AvgIpc) is 2.28. The largest absolute Gasteiger partial charge is 0.326 e. The maximum Gasteiger partial charge on any atom is 0.225 e. The Labute approximate surface area is 105 Å². The summed E-state index contributed by atoms with van der Waals surface area (Å²) < 4.78 is 1.01. The van der Waals surface area contributed by atoms with Crippen molar-refractivity contribution in [3.8, 4) is 0 Å². The van der Waals surface area contributed by atoms with E-state index in [9.17, 15) is 4.79 Å². The number of hydrogen-bond donors (Lipinski definition) is 2. The quantitative estimate of drug-likeness (QED) is 0.789. The standard InChI is InChI=1S/C12H17BrN2O/c1-2-8-14-9-7-12(16)15-11-5-3-10(13)4-6-11/h3-6,14H,2,7-9H2,1H3,(H,15,16). The van der Waals surface area contributed by atoms with Crippen LogP contribution in [0.4, 0.5) is 5.69 Å². The second-order valence-electron chi connectivity index (χ2n) is 3.56. The molecular formula is C12H17BrN2O. The van der Waals surface area contributed by atoms with Crippen LogP contribution in [0.25, 0.3) is 0 Å². The third-order valence-electron chi connectivity index (χ3n) is 2.08. The van der Waals surface area contributed by atoms with Gasteiger partial charge in [0.25, 0.3) is 0 Å². The Morgan fingerprint density at radius 1 is 1.25 bits per heavy atom. The number of halogens is 1. The Morgan fingerprint density at radius 3 is 2.56 bits per heavy atom. The molecule has 1 amide bonds. The minimum absolute atomic E-state index is 0.0472. The van der Waals surface area contributed by atoms with Gasteiger partial charge in [-0.25, -0.2) is 0 Å². The van der Waals surface area contributed by atoms with E-state index in [1.54, 1.807) is 0 Å². The van der Waals surface area contributed by atoms with E-state index in [0.29, 0.717) is 6.42 Å². The zero-order valence-electron chi connectivity index (χ0n) is 9.42. The monoisotopic (exact) mass is 284 g/mol. The van der Waals surface area contributed by atoms with Crippen molar-refractivity contribution in [1.29, 1.82) is 0 Å². The van der Waals surface area contributed by atoms with Crippen LogP contribution in [0.3, 0.4) is 0 Å². The molecule has 0 saturated carbocycles. The molecule has 0 saturated heterocycles. The minimum Gasteiger partial charge on any atom is -0.326 e. The Bertz CT molecular complexity index is 324. The second-order valence-corrected chi connectivity index (χ2v) is 4.47. The van der Waals surface area contributed by atoms with Gasteiger partial charge in [-0.15, -0.1) is 0 Å². The Morgan fingerprint density at radius 2 is 1.94 bits per heavy atom. The molecule has 0 unspecified atom stereocenters. The number of nitrogens with one attached hydrogen (secondary N) is 2. The number of rotatable bonds is 6. The van der Waals surface area contributed by atoms with Crippen LogP contribution >= 0.6 is 15.9 Å². The van der Waals surface area contributed by atoms with Gasteiger partial charge in [-0.3, -0.25) is 4.79 Å². The van der Waals surface area contributed by atoms with Crippen molar-refractivity contribution in [1.82, 2.24) is 5.32 Å². The van der Waals surface area contributed by atoms with Crippen molar-refractivity contribution < 1.29 is 4.79 Å². The molecule has 1 rings (SSSR count). The van der Waals surface area contributed by atoms with Crippen molar-refractivity contribution in [3.05, 3.63) is 28.7 Å². The highest BCUT2D eigenvalue weighted by Gasteiger charge is 2.01. The van der Waals surface area contributed by atoms with Gasteiger partial charge in [-0.2, -0.15) is 0 Å². The first kappa shape index (κ1) is 13.2. The maximum absolute atomic E-state index is 11.5. The summed E-state index contributed by atoms with van der Waals surface area (Å²) in [5.41, 5.74) is 0.837. The molecule has 0 spiro atoms. The van der Waals surface area contributed by atoms with Crippen molar-refractivity contribution in [2.45, 2.75) is 19.8 Å². The normalized spacial score (nSPS) is 10.1. The lowest BCUT2D eigenvalue weighted by molar-refractivity contribution is -0.116. The Balaban J connectivity index is 2.26. The van der Waals surface area contributed by atoms with Gasteiger partial charge in [0.1, 0.15) is 0 Å². The summed E-state index contributed by atoms with van der Waals surface area (Å²) in [6.45, 7) is 3.80. The SMILES string of the molecule is CCCNCCC(=O)Nc1ccc(Br)cc1. The van der Waals surface area contributed by atoms with E-state index in [4.69, 9.17) is 0 Å². The highest BCUT2D eigenvalue weighted by Crippen LogP contribution is 2.13. The molecule has 4 heteroatoms. The molecule has 3 nitrogen and oxygen atoms in total. The summed E-state index contributed by atoms with van der Waals surface area (Å²) in [4.78, 5) is 11.5. The van der Waals surface area contributed by atoms with E-state index in [2.05, 4.69) is 33.5 Å². The third kappa shape index (κ3) is 5.28. The molecule has 0 heterocycles. The van der Waals surface area contributed by atoms with Gasteiger partial charge < -0.3 is 10.6 Å². The van der Waals surface area contributed by atoms with Gasteiger partial charge in [0.2, 0.25) is 5.91 Å². The van der Waals surface area contributed by atoms with Crippen LogP contribution in [-0.4, -0.2) is 19.0 Å². The lowest BCUT2D eigenvalue weighted by Crippen LogP contribution is -2.22. The van der Waals surface area contributed by atoms with E-state index in [-0.39, 0.29) is 5.91 Å². The fourth-order valence-electron chi connectivity index (χ4n) is 1.26. The van der Waals surface area contributed by atoms with E-state index in [0.717, 1.165) is 29.7 Å². The highest BCUT2D eigenvalue weighted by molar-refractivity contribution is 9.10. The molecule has 0 aliphatic rings. The molecule has 16 heavy (non-hydrogen) atoms. The van der Waals surface area contributed by atoms with E-state index >= 15 is 0 Å². The van der Waals surface area contributed by atoms with Crippen molar-refractivity contribution in [2.75, 3.05) is 18.4 Å². The molecule has 0 aromatic heterocycles. The molecule has 0 radical (unpaired) electrons. The molecule has 0 aliphatic heterocycles. The summed E-state index contributed by atoms with van der Waals surface area (Å²) in [5, 5.41) is 6.04. The second kappa shape index (κ2) is 7.41. The van der Waals surface area contributed by atoms with Crippen LogP contribution in [-0.2, 0) is 4.79 Å². The third-order valence-corrected chi connectivity index (χ3v) is 2.61. The zero-order valence-corrected chi connectivity index (χ0v) is 11.0. The first-order valence-corrected chi connectivity index (χ1v) is 6.28. The summed E-state index contributed by atoms with van der Waals surface area (Å²) in [6.07, 6.45) is 1.60. The Hall–Kier alpha value is -0.870. The van der Waals surface area contributed by atoms with Gasteiger partial charge in [-0.05, 0) is 37.2 Å². The van der Waals surface area contributed by atoms with Gasteiger partial charge >= 0.3 is 0 Å². The molecule has 0 fully saturated rings. The molecule has 0 bridgehead atoms. The highest BCUT2D eigenvalue weighted by atomic mass is 79.9. The number of carbonyl (C=O) groups is 1. The lowest BCUT2D eigenvalue weighted by atomic mass is 10.3. The fourth-order valence-corrected chi connectivity index (χ4v) is 1.52. The maximum atomic E-state index is 11.5. The van der Waals surface area contributed by atoms with E-state index in [1.165, 1.54) is 0 Å². The van der Waals surface area contributed by atoms with Gasteiger partial charge in [-0.1, -0.05) is 22.9 Å². The summed E-state index contributed by atoms with van der Waals surface area (Å²) >= 11 is 3.35. The molecule has 1 aromatic carbocycles. The molecule has 0 aliphatic carbocycles. The first-order chi connectivity index (χ1) is 7.72. The first-order valence-electron chi connectivity index (χ1n) is 5.48. The average molecular weight is 285 g/mol. The van der Waals surface area contributed by atoms with Crippen LogP contribution < -0.4 is 10.6 Å². The van der Waals surface area contributed by atoms with Crippen LogP contribution in [0, 0.1) is 0 Å². The zero-order chi connectivity index (χ0) is 11.8. The van der Waals surface area contributed by atoms with Gasteiger partial charge in [0.15, 0.2) is 0 Å². The van der Waals surface area contributed by atoms with Crippen molar-refractivity contribution in [3.63, 3.8) is 0 Å². The number of anilines is 1. The fraction of sp³-hybridized carbons (Fsp3) is 0.417. The predicted octanol–water partition coefficient (Wildman–Crippen LogP) is 2.78. The van der Waals surface area contributed by atoms with E-state index < -0.39 is 0 Å². The van der Waals surface area contributed by atoms with Gasteiger partial charge in [0.05, 0.1) is 0 Å². The van der Waals surface area contributed by atoms with E-state index in [1.807, 2.05) is 24.3 Å². The minimum atomic E-state index is 0.0472. The molecule has 88 valence electrons. The summed E-state index contributed by atoms with van der Waals surface area (Å²) in [5.74, 6) is 0.0472. The molecule has 2 N–H and O–H groups in total. The van der Waals surface area contributed by atoms with Crippen molar-refractivity contribution >= 4 is 27.5 Å². The van der Waals surface area contributed by atoms with Crippen LogP contribution in [0.5, 0.6) is 0 Å². The molecule has 0 atom stereocenters.